The van der Waals surface area contributed by atoms with Gasteiger partial charge < -0.3 is 5.32 Å². The van der Waals surface area contributed by atoms with Crippen LogP contribution in [0, 0.1) is 23.2 Å². The molecular formula is C15H25NO. The Morgan fingerprint density at radius 1 is 1.35 bits per heavy atom. The van der Waals surface area contributed by atoms with Crippen LogP contribution in [-0.4, -0.2) is 18.9 Å². The monoisotopic (exact) mass is 235 g/mol. The molecule has 3 aliphatic rings. The van der Waals surface area contributed by atoms with Crippen LogP contribution in [0.3, 0.4) is 0 Å². The third kappa shape index (κ3) is 2.16. The van der Waals surface area contributed by atoms with Gasteiger partial charge in [-0.05, 0) is 56.4 Å². The van der Waals surface area contributed by atoms with E-state index >= 15 is 0 Å². The molecule has 1 saturated heterocycles. The van der Waals surface area contributed by atoms with Crippen molar-refractivity contribution in [1.29, 1.82) is 0 Å². The van der Waals surface area contributed by atoms with Crippen LogP contribution in [-0.2, 0) is 4.79 Å². The van der Waals surface area contributed by atoms with Crippen LogP contribution >= 0.6 is 0 Å². The first kappa shape index (κ1) is 11.7. The van der Waals surface area contributed by atoms with E-state index in [1.165, 1.54) is 32.1 Å². The first-order valence-corrected chi connectivity index (χ1v) is 7.41. The van der Waals surface area contributed by atoms with Crippen molar-refractivity contribution in [3.63, 3.8) is 0 Å². The maximum Gasteiger partial charge on any atom is 0.140 e. The lowest BCUT2D eigenvalue weighted by Crippen LogP contribution is -2.44. The number of nitrogens with one attached hydrogen (secondary N) is 1. The van der Waals surface area contributed by atoms with Crippen molar-refractivity contribution < 1.29 is 4.79 Å². The van der Waals surface area contributed by atoms with Gasteiger partial charge in [-0.1, -0.05) is 13.3 Å². The molecule has 3 rings (SSSR count). The summed E-state index contributed by atoms with van der Waals surface area (Å²) in [4.78, 5) is 12.5. The summed E-state index contributed by atoms with van der Waals surface area (Å²) < 4.78 is 0. The molecule has 0 radical (unpaired) electrons. The Morgan fingerprint density at radius 3 is 2.82 bits per heavy atom. The minimum absolute atomic E-state index is 0.0555. The van der Waals surface area contributed by atoms with Crippen molar-refractivity contribution in [2.45, 2.75) is 51.9 Å². The zero-order chi connectivity index (χ0) is 11.9. The van der Waals surface area contributed by atoms with Crippen molar-refractivity contribution >= 4 is 5.78 Å². The second-order valence-electron chi connectivity index (χ2n) is 6.90. The molecule has 0 amide bonds. The van der Waals surface area contributed by atoms with Gasteiger partial charge in [0, 0.05) is 18.4 Å². The molecule has 1 aliphatic heterocycles. The average Bonchev–Trinajstić information content (AvgIpc) is 2.92. The van der Waals surface area contributed by atoms with Crippen molar-refractivity contribution in [1.82, 2.24) is 5.32 Å². The second-order valence-corrected chi connectivity index (χ2v) is 6.90. The number of ketones is 1. The van der Waals surface area contributed by atoms with E-state index in [0.29, 0.717) is 5.78 Å². The SMILES string of the molecule is CC1(C(=O)CC2CC3CCC2C3)CCCNC1. The third-order valence-electron chi connectivity index (χ3n) is 5.60. The summed E-state index contributed by atoms with van der Waals surface area (Å²) in [5.74, 6) is 3.14. The normalized spacial score (nSPS) is 45.1. The molecule has 2 aliphatic carbocycles. The number of carbonyl (C=O) groups excluding carboxylic acids is 1. The van der Waals surface area contributed by atoms with Crippen LogP contribution in [0.25, 0.3) is 0 Å². The summed E-state index contributed by atoms with van der Waals surface area (Å²) in [6.45, 7) is 4.18. The van der Waals surface area contributed by atoms with Gasteiger partial charge in [-0.15, -0.1) is 0 Å². The third-order valence-corrected chi connectivity index (χ3v) is 5.60. The zero-order valence-electron chi connectivity index (χ0n) is 11.0. The van der Waals surface area contributed by atoms with Gasteiger partial charge in [0.05, 0.1) is 0 Å². The second kappa shape index (κ2) is 4.38. The van der Waals surface area contributed by atoms with Crippen LogP contribution in [0.4, 0.5) is 0 Å². The largest absolute Gasteiger partial charge is 0.316 e. The predicted octanol–water partition coefficient (Wildman–Crippen LogP) is 2.77. The molecule has 4 unspecified atom stereocenters. The molecule has 2 bridgehead atoms. The van der Waals surface area contributed by atoms with Gasteiger partial charge >= 0.3 is 0 Å². The van der Waals surface area contributed by atoms with E-state index in [1.807, 2.05) is 0 Å². The van der Waals surface area contributed by atoms with Gasteiger partial charge in [0.1, 0.15) is 5.78 Å². The fourth-order valence-electron chi connectivity index (χ4n) is 4.41. The summed E-state index contributed by atoms with van der Waals surface area (Å²) in [7, 11) is 0. The molecule has 2 heteroatoms. The van der Waals surface area contributed by atoms with E-state index in [-0.39, 0.29) is 5.41 Å². The Morgan fingerprint density at radius 2 is 2.24 bits per heavy atom. The predicted molar refractivity (Wildman–Crippen MR) is 68.8 cm³/mol. The lowest BCUT2D eigenvalue weighted by molar-refractivity contribution is -0.130. The summed E-state index contributed by atoms with van der Waals surface area (Å²) in [6.07, 6.45) is 8.75. The molecule has 2 nitrogen and oxygen atoms in total. The smallest absolute Gasteiger partial charge is 0.140 e. The number of Topliss-reactive ketones (excluding diaryl/α,β-unsaturated/α-hetero) is 1. The molecule has 2 saturated carbocycles. The van der Waals surface area contributed by atoms with Crippen LogP contribution in [0.15, 0.2) is 0 Å². The van der Waals surface area contributed by atoms with Crippen molar-refractivity contribution in [3.8, 4) is 0 Å². The molecule has 0 aromatic heterocycles. The zero-order valence-corrected chi connectivity index (χ0v) is 11.0. The topological polar surface area (TPSA) is 29.1 Å². The molecular weight excluding hydrogens is 210 g/mol. The molecule has 17 heavy (non-hydrogen) atoms. The van der Waals surface area contributed by atoms with E-state index < -0.39 is 0 Å². The molecule has 4 atom stereocenters. The fraction of sp³-hybridized carbons (Fsp3) is 0.933. The van der Waals surface area contributed by atoms with Gasteiger partial charge in [0.15, 0.2) is 0 Å². The minimum atomic E-state index is -0.0555. The Hall–Kier alpha value is -0.370. The molecule has 0 aromatic carbocycles. The van der Waals surface area contributed by atoms with Crippen LogP contribution in [0.5, 0.6) is 0 Å². The first-order chi connectivity index (χ1) is 8.17. The number of fused-ring (bicyclic) bond motifs is 2. The summed E-state index contributed by atoms with van der Waals surface area (Å²) in [5, 5.41) is 3.39. The Balaban J connectivity index is 1.59. The van der Waals surface area contributed by atoms with Gasteiger partial charge in [-0.3, -0.25) is 4.79 Å². The highest BCUT2D eigenvalue weighted by Gasteiger charge is 2.43. The Kier molecular flexibility index (Phi) is 3.02. The Bertz CT molecular complexity index is 306. The molecule has 1 heterocycles. The van der Waals surface area contributed by atoms with Crippen LogP contribution in [0.1, 0.15) is 51.9 Å². The van der Waals surface area contributed by atoms with Crippen molar-refractivity contribution in [2.24, 2.45) is 23.2 Å². The van der Waals surface area contributed by atoms with E-state index in [0.717, 1.165) is 43.7 Å². The standard InChI is InChI=1S/C15H25NO/c1-15(5-2-6-16-10-15)14(17)9-13-8-11-3-4-12(13)7-11/h11-13,16H,2-10H2,1H3. The summed E-state index contributed by atoms with van der Waals surface area (Å²) in [6, 6.07) is 0. The molecule has 3 fully saturated rings. The van der Waals surface area contributed by atoms with Crippen LogP contribution < -0.4 is 5.32 Å². The number of hydrogen-bond donors (Lipinski definition) is 1. The fourth-order valence-corrected chi connectivity index (χ4v) is 4.41. The highest BCUT2D eigenvalue weighted by atomic mass is 16.1. The number of piperidine rings is 1. The van der Waals surface area contributed by atoms with Gasteiger partial charge in [-0.2, -0.15) is 0 Å². The van der Waals surface area contributed by atoms with E-state index in [9.17, 15) is 4.79 Å². The molecule has 1 N–H and O–H groups in total. The number of hydrogen-bond acceptors (Lipinski definition) is 2. The van der Waals surface area contributed by atoms with Crippen molar-refractivity contribution in [3.05, 3.63) is 0 Å². The molecule has 96 valence electrons. The van der Waals surface area contributed by atoms with Gasteiger partial charge in [-0.25, -0.2) is 0 Å². The maximum atomic E-state index is 12.5. The van der Waals surface area contributed by atoms with Crippen molar-refractivity contribution in [2.75, 3.05) is 13.1 Å². The van der Waals surface area contributed by atoms with Gasteiger partial charge in [0.2, 0.25) is 0 Å². The maximum absolute atomic E-state index is 12.5. The lowest BCUT2D eigenvalue weighted by Gasteiger charge is -2.34. The first-order valence-electron chi connectivity index (χ1n) is 7.41. The van der Waals surface area contributed by atoms with Crippen LogP contribution in [0.2, 0.25) is 0 Å². The molecule has 0 spiro atoms. The minimum Gasteiger partial charge on any atom is -0.316 e. The summed E-state index contributed by atoms with van der Waals surface area (Å²) >= 11 is 0. The van der Waals surface area contributed by atoms with E-state index in [1.54, 1.807) is 0 Å². The quantitative estimate of drug-likeness (QED) is 0.815. The number of rotatable bonds is 3. The van der Waals surface area contributed by atoms with Gasteiger partial charge in [0.25, 0.3) is 0 Å². The summed E-state index contributed by atoms with van der Waals surface area (Å²) in [5.41, 5.74) is -0.0555. The van der Waals surface area contributed by atoms with E-state index in [4.69, 9.17) is 0 Å². The van der Waals surface area contributed by atoms with E-state index in [2.05, 4.69) is 12.2 Å². The molecule has 0 aromatic rings. The highest BCUT2D eigenvalue weighted by Crippen LogP contribution is 2.50. The highest BCUT2D eigenvalue weighted by molar-refractivity contribution is 5.85. The number of carbonyl (C=O) groups is 1. The Labute approximate surface area is 105 Å². The average molecular weight is 235 g/mol. The lowest BCUT2D eigenvalue weighted by atomic mass is 9.74.